The Morgan fingerprint density at radius 2 is 0.913 bits per heavy atom. The van der Waals surface area contributed by atoms with Gasteiger partial charge in [-0.2, -0.15) is 0 Å². The largest absolute Gasteiger partial charge is 0.380 e. The Labute approximate surface area is 543 Å². The fourth-order valence-corrected chi connectivity index (χ4v) is 15.4. The number of allylic oxidation sites excluding steroid dienone is 1. The molecule has 474 valence electrons. The van der Waals surface area contributed by atoms with E-state index in [9.17, 15) is 22.7 Å². The summed E-state index contributed by atoms with van der Waals surface area (Å²) in [6, 6.07) is 76.6. The van der Waals surface area contributed by atoms with E-state index in [0.29, 0.717) is 41.9 Å². The molecule has 4 heterocycles. The maximum absolute atomic E-state index is 13.5. The van der Waals surface area contributed by atoms with Crippen LogP contribution in [-0.2, 0) is 16.9 Å². The predicted molar refractivity (Wildman–Crippen MR) is 365 cm³/mol. The summed E-state index contributed by atoms with van der Waals surface area (Å²) in [5.41, 5.74) is 14.2. The van der Waals surface area contributed by atoms with Gasteiger partial charge in [0.2, 0.25) is 0 Å². The predicted octanol–water partition coefficient (Wildman–Crippen LogP) is 19.5. The molecule has 0 spiro atoms. The average Bonchev–Trinajstić information content (AvgIpc) is 1.49. The Bertz CT molecular complexity index is 3590. The highest BCUT2D eigenvalue weighted by atomic mass is 19.1. The van der Waals surface area contributed by atoms with Crippen LogP contribution in [0, 0.1) is 29.2 Å². The number of likely N-dealkylation sites (tertiary alicyclic amines) is 2. The molecule has 9 aromatic carbocycles. The molecule has 6 aliphatic rings. The van der Waals surface area contributed by atoms with Crippen molar-refractivity contribution in [3.63, 3.8) is 0 Å². The van der Waals surface area contributed by atoms with Crippen molar-refractivity contribution < 1.29 is 27.4 Å². The van der Waals surface area contributed by atoms with Crippen LogP contribution in [0.3, 0.4) is 0 Å². The van der Waals surface area contributed by atoms with Crippen LogP contribution in [0.25, 0.3) is 16.7 Å². The number of hydrogen-bond donors (Lipinski definition) is 1. The molecule has 3 unspecified atom stereocenters. The molecule has 1 saturated carbocycles. The monoisotopic (exact) mass is 1230 g/mol. The molecule has 3 atom stereocenters. The second kappa shape index (κ2) is 30.8. The van der Waals surface area contributed by atoms with E-state index in [0.717, 1.165) is 55.5 Å². The molecule has 2 aliphatic carbocycles. The molecular weight excluding hydrogens is 1150 g/mol. The van der Waals surface area contributed by atoms with Crippen molar-refractivity contribution in [1.82, 2.24) is 14.7 Å². The molecule has 0 amide bonds. The summed E-state index contributed by atoms with van der Waals surface area (Å²) in [5.74, 6) is -1.23. The van der Waals surface area contributed by atoms with Crippen LogP contribution in [0.15, 0.2) is 242 Å². The van der Waals surface area contributed by atoms with Gasteiger partial charge < -0.3 is 14.7 Å². The minimum Gasteiger partial charge on any atom is -0.380 e. The van der Waals surface area contributed by atoms with Crippen LogP contribution >= 0.6 is 0 Å². The first-order valence-electron chi connectivity index (χ1n) is 33.7. The van der Waals surface area contributed by atoms with E-state index in [1.165, 1.54) is 170 Å². The molecule has 0 radical (unpaired) electrons. The van der Waals surface area contributed by atoms with Crippen molar-refractivity contribution in [2.45, 2.75) is 132 Å². The summed E-state index contributed by atoms with van der Waals surface area (Å²) in [6.07, 6.45) is 17.1. The van der Waals surface area contributed by atoms with Crippen molar-refractivity contribution >= 4 is 5.57 Å². The van der Waals surface area contributed by atoms with Gasteiger partial charge >= 0.3 is 0 Å². The third-order valence-electron chi connectivity index (χ3n) is 20.1. The lowest BCUT2D eigenvalue weighted by Crippen LogP contribution is -2.46. The highest BCUT2D eigenvalue weighted by Crippen LogP contribution is 2.47. The molecule has 4 aliphatic heterocycles. The Morgan fingerprint density at radius 1 is 0.478 bits per heavy atom. The molecule has 9 heteroatoms. The number of rotatable bonds is 12. The average molecular weight is 1230 g/mol. The van der Waals surface area contributed by atoms with Gasteiger partial charge in [-0.05, 0) is 219 Å². The SMILES string of the molecule is CN1C2CCC1CC(OC(c1ccccc1)c1ccccc1)C2.Fc1ccc(C(=C2CCCCC2)c2ccc(F)cc2)cc1.OC(c1ccc(F)cc1)(c1ccc(F)cc1)C1CCCN(Cc2ccccc2)C1.c1ccc2c(c1)-c1ccccc1C2N1CCCCC1. The summed E-state index contributed by atoms with van der Waals surface area (Å²) in [6.45, 7) is 4.98. The number of halogens is 4. The fraction of sp³-hybridized carbons (Fsp3) is 0.325. The summed E-state index contributed by atoms with van der Waals surface area (Å²) < 4.78 is 60.1. The maximum Gasteiger partial charge on any atom is 0.123 e. The second-order valence-electron chi connectivity index (χ2n) is 26.0. The molecule has 4 saturated heterocycles. The zero-order chi connectivity index (χ0) is 63.2. The van der Waals surface area contributed by atoms with E-state index in [4.69, 9.17) is 4.74 Å². The van der Waals surface area contributed by atoms with E-state index in [1.807, 2.05) is 42.5 Å². The van der Waals surface area contributed by atoms with Gasteiger partial charge in [0.1, 0.15) is 35.0 Å². The van der Waals surface area contributed by atoms with E-state index in [-0.39, 0.29) is 35.3 Å². The Kier molecular flexibility index (Phi) is 21.5. The van der Waals surface area contributed by atoms with Crippen LogP contribution in [0.5, 0.6) is 0 Å². The first kappa shape index (κ1) is 64.3. The molecule has 5 nitrogen and oxygen atoms in total. The number of benzene rings is 9. The molecule has 0 aromatic heterocycles. The highest BCUT2D eigenvalue weighted by molar-refractivity contribution is 5.82. The fourth-order valence-electron chi connectivity index (χ4n) is 15.4. The normalized spacial score (nSPS) is 19.9. The molecule has 15 rings (SSSR count). The lowest BCUT2D eigenvalue weighted by atomic mass is 9.72. The molecule has 5 fully saturated rings. The van der Waals surface area contributed by atoms with Crippen molar-refractivity contribution in [1.29, 1.82) is 0 Å². The number of aliphatic hydroxyl groups is 1. The van der Waals surface area contributed by atoms with Crippen LogP contribution < -0.4 is 0 Å². The lowest BCUT2D eigenvalue weighted by molar-refractivity contribution is -0.0426. The first-order valence-corrected chi connectivity index (χ1v) is 33.7. The number of nitrogens with zero attached hydrogens (tertiary/aromatic N) is 3. The van der Waals surface area contributed by atoms with Crippen LogP contribution in [-0.4, -0.2) is 71.2 Å². The van der Waals surface area contributed by atoms with Crippen molar-refractivity contribution in [3.8, 4) is 11.1 Å². The quantitative estimate of drug-likeness (QED) is 0.123. The molecule has 1 N–H and O–H groups in total. The van der Waals surface area contributed by atoms with Gasteiger partial charge in [-0.3, -0.25) is 9.80 Å². The van der Waals surface area contributed by atoms with Gasteiger partial charge in [-0.15, -0.1) is 0 Å². The minimum atomic E-state index is -1.31. The standard InChI is InChI=1S/C25H25F2NO.C21H25NO.C19H18F2.C18H19N/c26-23-12-8-20(9-13-23)25(29,21-10-14-24(27)15-11-21)22-7-4-16-28(18-22)17-19-5-2-1-3-6-19;1-22-18-12-13-19(22)15-20(14-18)23-21(16-8-4-2-5-9-16)17-10-6-3-7-11-17;20-17-10-6-15(7-11-17)19(14-4-2-1-3-5-14)16-8-12-18(21)13-9-16;1-6-12-19(13-7-1)18-16-10-4-2-8-14(16)15-9-3-5-11-17(15)18/h1-3,5-6,8-15,22,29H,4,7,16-18H2;2-11,18-21H,12-15H2,1H3;6-13H,1-5H2;2-5,8-11,18H,1,6-7,12-13H2. The van der Waals surface area contributed by atoms with Crippen molar-refractivity contribution in [2.24, 2.45) is 5.92 Å². The van der Waals surface area contributed by atoms with Gasteiger partial charge in [-0.1, -0.05) is 206 Å². The van der Waals surface area contributed by atoms with Gasteiger partial charge in [0, 0.05) is 31.1 Å². The zero-order valence-electron chi connectivity index (χ0n) is 53.1. The molecular formula is C83H87F4N3O2. The minimum absolute atomic E-state index is 0.0465. The Morgan fingerprint density at radius 3 is 1.40 bits per heavy atom. The maximum atomic E-state index is 13.5. The van der Waals surface area contributed by atoms with Crippen molar-refractivity contribution in [2.75, 3.05) is 33.2 Å². The van der Waals surface area contributed by atoms with E-state index in [2.05, 4.69) is 143 Å². The second-order valence-corrected chi connectivity index (χ2v) is 26.0. The lowest BCUT2D eigenvalue weighted by Gasteiger charge is -2.43. The molecule has 2 bridgehead atoms. The molecule has 9 aromatic rings. The highest BCUT2D eigenvalue weighted by Gasteiger charge is 2.43. The Balaban J connectivity index is 0.000000120. The van der Waals surface area contributed by atoms with E-state index >= 15 is 0 Å². The van der Waals surface area contributed by atoms with Crippen LogP contribution in [0.2, 0.25) is 0 Å². The van der Waals surface area contributed by atoms with E-state index in [1.54, 1.807) is 24.3 Å². The summed E-state index contributed by atoms with van der Waals surface area (Å²) >= 11 is 0. The van der Waals surface area contributed by atoms with Crippen LogP contribution in [0.1, 0.15) is 152 Å². The molecule has 92 heavy (non-hydrogen) atoms. The van der Waals surface area contributed by atoms with E-state index < -0.39 is 5.60 Å². The van der Waals surface area contributed by atoms with Gasteiger partial charge in [0.15, 0.2) is 0 Å². The van der Waals surface area contributed by atoms with Gasteiger partial charge in [0.05, 0.1) is 12.1 Å². The third kappa shape index (κ3) is 15.5. The number of ether oxygens (including phenoxy) is 1. The zero-order valence-corrected chi connectivity index (χ0v) is 53.1. The number of piperidine rings is 3. The van der Waals surface area contributed by atoms with Crippen LogP contribution in [0.4, 0.5) is 17.6 Å². The third-order valence-corrected chi connectivity index (χ3v) is 20.1. The number of hydrogen-bond acceptors (Lipinski definition) is 5. The summed E-state index contributed by atoms with van der Waals surface area (Å²) in [5, 5.41) is 12.0. The van der Waals surface area contributed by atoms with Gasteiger partial charge in [-0.25, -0.2) is 17.6 Å². The van der Waals surface area contributed by atoms with Gasteiger partial charge in [0.25, 0.3) is 0 Å². The van der Waals surface area contributed by atoms with Crippen molar-refractivity contribution in [3.05, 3.63) is 316 Å². The number of fused-ring (bicyclic) bond motifs is 5. The first-order chi connectivity index (χ1) is 45.0. The topological polar surface area (TPSA) is 39.2 Å². The Hall–Kier alpha value is -7.76. The summed E-state index contributed by atoms with van der Waals surface area (Å²) in [7, 11) is 2.28. The smallest absolute Gasteiger partial charge is 0.123 e. The summed E-state index contributed by atoms with van der Waals surface area (Å²) in [4.78, 5) is 7.59.